The Balaban J connectivity index is 1.34. The van der Waals surface area contributed by atoms with Crippen LogP contribution in [0.25, 0.3) is 10.2 Å². The summed E-state index contributed by atoms with van der Waals surface area (Å²) in [5.41, 5.74) is 2.81. The molecule has 0 spiro atoms. The number of benzene rings is 2. The Kier molecular flexibility index (Phi) is 9.37. The number of aromatic nitrogens is 1. The molecule has 15 heteroatoms. The summed E-state index contributed by atoms with van der Waals surface area (Å²) in [6.45, 7) is -1.96. The van der Waals surface area contributed by atoms with Crippen LogP contribution in [0.5, 0.6) is 0 Å². The number of carbonyl (C=O) groups excluding carboxylic acids is 1. The first kappa shape index (κ1) is 30.7. The Morgan fingerprint density at radius 2 is 2.00 bits per heavy atom. The molecule has 42 heavy (non-hydrogen) atoms. The molecule has 1 amide bonds. The molecule has 3 aromatic rings. The lowest BCUT2D eigenvalue weighted by atomic mass is 9.95. The standard InChI is InChI=1S/C27H31F2N3O8S2/c28-25(29)13-32(42(36,37)18-6-7-20-24(11-18)41-16-30-20)12-22(34)21(10-17-4-2-1-3-5-17)31-26(35)40-23-14-39-27(15-33)19(23)8-9-38-27/h1-7,11,16,19,21-23,25,33-34H,8-10,12-15H2,(H,31,35)/t19-,21-,22+,23-,27+/m0/s1. The van der Waals surface area contributed by atoms with Gasteiger partial charge in [-0.3, -0.25) is 0 Å². The number of alkyl carbamates (subject to hydrolysis) is 1. The minimum absolute atomic E-state index is 0.00490. The number of alkyl halides is 2. The number of amides is 1. The largest absolute Gasteiger partial charge is 0.443 e. The van der Waals surface area contributed by atoms with Crippen molar-refractivity contribution < 1.29 is 46.4 Å². The van der Waals surface area contributed by atoms with E-state index in [4.69, 9.17) is 14.2 Å². The van der Waals surface area contributed by atoms with Gasteiger partial charge in [-0.25, -0.2) is 27.0 Å². The Morgan fingerprint density at radius 1 is 1.21 bits per heavy atom. The zero-order chi connectivity index (χ0) is 29.9. The topological polar surface area (TPSA) is 148 Å². The van der Waals surface area contributed by atoms with Crippen LogP contribution in [-0.2, 0) is 30.7 Å². The summed E-state index contributed by atoms with van der Waals surface area (Å²) in [5, 5.41) is 23.6. The fourth-order valence-electron chi connectivity index (χ4n) is 5.35. The Bertz CT molecular complexity index is 1480. The average Bonchev–Trinajstić information content (AvgIpc) is 3.69. The number of rotatable bonds is 12. The number of carbonyl (C=O) groups is 1. The molecule has 0 bridgehead atoms. The van der Waals surface area contributed by atoms with Crippen LogP contribution in [0.1, 0.15) is 12.0 Å². The number of aliphatic hydroxyl groups excluding tert-OH is 2. The van der Waals surface area contributed by atoms with E-state index in [1.807, 2.05) is 0 Å². The van der Waals surface area contributed by atoms with Crippen LogP contribution in [0.15, 0.2) is 58.9 Å². The van der Waals surface area contributed by atoms with Gasteiger partial charge in [0.1, 0.15) is 6.10 Å². The Labute approximate surface area is 245 Å². The first-order valence-electron chi connectivity index (χ1n) is 13.3. The normalized spacial score (nSPS) is 23.8. The molecule has 0 unspecified atom stereocenters. The molecule has 11 nitrogen and oxygen atoms in total. The fourth-order valence-corrected chi connectivity index (χ4v) is 7.60. The molecule has 2 aromatic carbocycles. The Morgan fingerprint density at radius 3 is 2.74 bits per heavy atom. The van der Waals surface area contributed by atoms with Gasteiger partial charge in [-0.05, 0) is 36.6 Å². The van der Waals surface area contributed by atoms with Gasteiger partial charge in [0.2, 0.25) is 10.0 Å². The van der Waals surface area contributed by atoms with Gasteiger partial charge in [0.25, 0.3) is 6.43 Å². The number of ether oxygens (including phenoxy) is 3. The van der Waals surface area contributed by atoms with E-state index < -0.39 is 72.2 Å². The van der Waals surface area contributed by atoms with Gasteiger partial charge in [-0.1, -0.05) is 30.3 Å². The maximum absolute atomic E-state index is 13.6. The smallest absolute Gasteiger partial charge is 0.407 e. The minimum Gasteiger partial charge on any atom is -0.443 e. The van der Waals surface area contributed by atoms with Gasteiger partial charge in [0.15, 0.2) is 5.79 Å². The highest BCUT2D eigenvalue weighted by molar-refractivity contribution is 7.89. The summed E-state index contributed by atoms with van der Waals surface area (Å²) in [5.74, 6) is -1.63. The van der Waals surface area contributed by atoms with E-state index >= 15 is 0 Å². The van der Waals surface area contributed by atoms with E-state index in [-0.39, 0.29) is 17.9 Å². The second-order valence-corrected chi connectivity index (χ2v) is 13.0. The monoisotopic (exact) mass is 627 g/mol. The third-order valence-electron chi connectivity index (χ3n) is 7.50. The summed E-state index contributed by atoms with van der Waals surface area (Å²) in [6, 6.07) is 11.8. The molecular weight excluding hydrogens is 596 g/mol. The quantitative estimate of drug-likeness (QED) is 0.275. The first-order chi connectivity index (χ1) is 20.1. The summed E-state index contributed by atoms with van der Waals surface area (Å²) in [7, 11) is -4.46. The van der Waals surface area contributed by atoms with Crippen LogP contribution in [0.4, 0.5) is 13.6 Å². The van der Waals surface area contributed by atoms with E-state index in [2.05, 4.69) is 10.3 Å². The third-order valence-corrected chi connectivity index (χ3v) is 10.1. The van der Waals surface area contributed by atoms with Crippen LogP contribution in [0, 0.1) is 5.92 Å². The lowest BCUT2D eigenvalue weighted by molar-refractivity contribution is -0.216. The second kappa shape index (κ2) is 12.8. The summed E-state index contributed by atoms with van der Waals surface area (Å²) >= 11 is 1.21. The van der Waals surface area contributed by atoms with Crippen molar-refractivity contribution in [3.8, 4) is 0 Å². The van der Waals surface area contributed by atoms with Crippen LogP contribution in [0.3, 0.4) is 0 Å². The minimum atomic E-state index is -4.46. The number of thiazole rings is 1. The number of hydrogen-bond donors (Lipinski definition) is 3. The van der Waals surface area contributed by atoms with Crippen LogP contribution in [-0.4, -0.2) is 97.4 Å². The molecule has 0 saturated carbocycles. The van der Waals surface area contributed by atoms with Crippen LogP contribution in [0.2, 0.25) is 0 Å². The predicted octanol–water partition coefficient (Wildman–Crippen LogP) is 2.37. The highest BCUT2D eigenvalue weighted by atomic mass is 32.2. The molecule has 3 N–H and O–H groups in total. The summed E-state index contributed by atoms with van der Waals surface area (Å²) in [6.07, 6.45) is -5.70. The summed E-state index contributed by atoms with van der Waals surface area (Å²) in [4.78, 5) is 16.9. The SMILES string of the molecule is O=C(N[C@@H](Cc1ccccc1)[C@H](O)CN(CC(F)F)S(=O)(=O)c1ccc2ncsc2c1)O[C@H]1CO[C@@]2(CO)OCC[C@@H]12. The van der Waals surface area contributed by atoms with Gasteiger partial charge in [-0.2, -0.15) is 4.31 Å². The van der Waals surface area contributed by atoms with E-state index in [9.17, 15) is 32.2 Å². The molecule has 228 valence electrons. The van der Waals surface area contributed by atoms with E-state index in [1.165, 1.54) is 29.5 Å². The van der Waals surface area contributed by atoms with E-state index in [0.717, 1.165) is 0 Å². The predicted molar refractivity (Wildman–Crippen MR) is 148 cm³/mol. The van der Waals surface area contributed by atoms with Crippen molar-refractivity contribution in [1.29, 1.82) is 0 Å². The zero-order valence-electron chi connectivity index (χ0n) is 22.3. The van der Waals surface area contributed by atoms with Crippen molar-refractivity contribution in [1.82, 2.24) is 14.6 Å². The molecule has 5 rings (SSSR count). The van der Waals surface area contributed by atoms with Crippen molar-refractivity contribution in [3.05, 3.63) is 59.6 Å². The Hall–Kier alpha value is -2.79. The van der Waals surface area contributed by atoms with Crippen molar-refractivity contribution in [2.45, 2.75) is 48.2 Å². The molecule has 2 fully saturated rings. The fraction of sp³-hybridized carbons (Fsp3) is 0.481. The number of nitrogens with zero attached hydrogens (tertiary/aromatic N) is 2. The lowest BCUT2D eigenvalue weighted by Crippen LogP contribution is -2.52. The van der Waals surface area contributed by atoms with Gasteiger partial charge in [0.05, 0.1) is 65.1 Å². The van der Waals surface area contributed by atoms with Gasteiger partial charge in [0, 0.05) is 6.54 Å². The average molecular weight is 628 g/mol. The zero-order valence-corrected chi connectivity index (χ0v) is 24.0. The van der Waals surface area contributed by atoms with Crippen LogP contribution >= 0.6 is 11.3 Å². The molecule has 2 aliphatic rings. The number of fused-ring (bicyclic) bond motifs is 2. The van der Waals surface area contributed by atoms with Gasteiger partial charge < -0.3 is 29.7 Å². The van der Waals surface area contributed by atoms with Crippen molar-refractivity contribution in [3.63, 3.8) is 0 Å². The summed E-state index contributed by atoms with van der Waals surface area (Å²) < 4.78 is 72.0. The van der Waals surface area contributed by atoms with Crippen molar-refractivity contribution >= 4 is 37.7 Å². The number of halogens is 2. The number of sulfonamides is 1. The highest BCUT2D eigenvalue weighted by Gasteiger charge is 2.56. The highest BCUT2D eigenvalue weighted by Crippen LogP contribution is 2.42. The second-order valence-electron chi connectivity index (χ2n) is 10.2. The van der Waals surface area contributed by atoms with Crippen molar-refractivity contribution in [2.24, 2.45) is 5.92 Å². The molecule has 2 aliphatic heterocycles. The molecule has 0 aliphatic carbocycles. The van der Waals surface area contributed by atoms with E-state index in [1.54, 1.807) is 35.8 Å². The maximum atomic E-state index is 13.6. The van der Waals surface area contributed by atoms with E-state index in [0.29, 0.717) is 33.1 Å². The number of nitrogens with one attached hydrogen (secondary N) is 1. The van der Waals surface area contributed by atoms with Gasteiger partial charge in [-0.15, -0.1) is 11.3 Å². The molecule has 2 saturated heterocycles. The lowest BCUT2D eigenvalue weighted by Gasteiger charge is -2.30. The van der Waals surface area contributed by atoms with Crippen molar-refractivity contribution in [2.75, 3.05) is 32.9 Å². The van der Waals surface area contributed by atoms with Gasteiger partial charge >= 0.3 is 6.09 Å². The third kappa shape index (κ3) is 6.56. The number of hydrogen-bond acceptors (Lipinski definition) is 10. The number of aliphatic hydroxyl groups is 2. The van der Waals surface area contributed by atoms with Crippen LogP contribution < -0.4 is 5.32 Å². The molecule has 1 aromatic heterocycles. The molecule has 0 radical (unpaired) electrons. The molecule has 5 atom stereocenters. The first-order valence-corrected chi connectivity index (χ1v) is 15.6. The maximum Gasteiger partial charge on any atom is 0.407 e. The molecular formula is C27H31F2N3O8S2. The molecule has 3 heterocycles.